The van der Waals surface area contributed by atoms with Crippen LogP contribution in [0.2, 0.25) is 0 Å². The summed E-state index contributed by atoms with van der Waals surface area (Å²) in [7, 11) is 0. The zero-order valence-electron chi connectivity index (χ0n) is 13.2. The Kier molecular flexibility index (Phi) is 3.31. The first kappa shape index (κ1) is 14.0. The van der Waals surface area contributed by atoms with Crippen molar-refractivity contribution in [2.45, 2.75) is 44.9 Å². The molecule has 0 radical (unpaired) electrons. The Labute approximate surface area is 130 Å². The summed E-state index contributed by atoms with van der Waals surface area (Å²) in [5.74, 6) is -0.337. The highest BCUT2D eigenvalue weighted by Crippen LogP contribution is 2.38. The second-order valence-electron chi connectivity index (χ2n) is 6.50. The number of ether oxygens (including phenoxy) is 2. The van der Waals surface area contributed by atoms with Gasteiger partial charge in [0.25, 0.3) is 0 Å². The molecular weight excluding hydrogens is 276 g/mol. The average Bonchev–Trinajstić information content (AvgIpc) is 3.14. The molecule has 0 amide bonds. The number of benzene rings is 1. The number of allylic oxidation sites excluding steroid dienone is 1. The highest BCUT2D eigenvalue weighted by Gasteiger charge is 2.37. The van der Waals surface area contributed by atoms with Crippen LogP contribution in [0.5, 0.6) is 0 Å². The number of hydrogen-bond donors (Lipinski definition) is 0. The van der Waals surface area contributed by atoms with E-state index < -0.39 is 0 Å². The van der Waals surface area contributed by atoms with Gasteiger partial charge in [-0.2, -0.15) is 5.10 Å². The number of hydrogen-bond acceptors (Lipinski definition) is 3. The highest BCUT2D eigenvalue weighted by molar-refractivity contribution is 5.83. The smallest absolute Gasteiger partial charge is 0.172 e. The van der Waals surface area contributed by atoms with Crippen molar-refractivity contribution >= 4 is 16.5 Å². The summed E-state index contributed by atoms with van der Waals surface area (Å²) in [6.45, 7) is 5.77. The van der Waals surface area contributed by atoms with Gasteiger partial charge in [-0.15, -0.1) is 0 Å². The third-order valence-electron chi connectivity index (χ3n) is 4.70. The highest BCUT2D eigenvalue weighted by atomic mass is 16.7. The van der Waals surface area contributed by atoms with Gasteiger partial charge >= 0.3 is 0 Å². The van der Waals surface area contributed by atoms with E-state index in [0.717, 1.165) is 32.5 Å². The Hall–Kier alpha value is -1.65. The molecule has 4 rings (SSSR count). The van der Waals surface area contributed by atoms with Gasteiger partial charge in [0.2, 0.25) is 0 Å². The lowest BCUT2D eigenvalue weighted by Crippen LogP contribution is -2.31. The van der Waals surface area contributed by atoms with Crippen LogP contribution in [-0.4, -0.2) is 28.8 Å². The fraction of sp³-hybridized carbons (Fsp3) is 0.500. The quantitative estimate of drug-likeness (QED) is 0.843. The molecule has 4 heteroatoms. The molecule has 1 aliphatic heterocycles. The van der Waals surface area contributed by atoms with E-state index in [0.29, 0.717) is 6.04 Å². The topological polar surface area (TPSA) is 36.3 Å². The summed E-state index contributed by atoms with van der Waals surface area (Å²) in [6.07, 6.45) is 7.05. The van der Waals surface area contributed by atoms with Crippen molar-refractivity contribution in [3.8, 4) is 0 Å². The molecule has 1 aromatic heterocycles. The van der Waals surface area contributed by atoms with Gasteiger partial charge in [-0.25, -0.2) is 0 Å². The average molecular weight is 298 g/mol. The maximum atomic E-state index is 5.79. The van der Waals surface area contributed by atoms with E-state index >= 15 is 0 Å². The van der Waals surface area contributed by atoms with Crippen LogP contribution in [0.15, 0.2) is 30.5 Å². The van der Waals surface area contributed by atoms with Crippen molar-refractivity contribution in [1.29, 1.82) is 0 Å². The van der Waals surface area contributed by atoms with E-state index in [1.807, 2.05) is 6.20 Å². The molecule has 2 heterocycles. The van der Waals surface area contributed by atoms with Crippen LogP contribution in [0.3, 0.4) is 0 Å². The van der Waals surface area contributed by atoms with Crippen LogP contribution in [0.4, 0.5) is 0 Å². The molecule has 1 spiro atoms. The van der Waals surface area contributed by atoms with E-state index in [-0.39, 0.29) is 5.79 Å². The second kappa shape index (κ2) is 5.21. The normalized spacial score (nSPS) is 21.0. The lowest BCUT2D eigenvalue weighted by Gasteiger charge is -2.30. The fourth-order valence-electron chi connectivity index (χ4n) is 3.49. The van der Waals surface area contributed by atoms with Gasteiger partial charge < -0.3 is 9.47 Å². The molecule has 1 aliphatic carbocycles. The van der Waals surface area contributed by atoms with Crippen LogP contribution in [0.1, 0.15) is 44.7 Å². The van der Waals surface area contributed by atoms with Crippen molar-refractivity contribution in [2.24, 2.45) is 0 Å². The molecule has 1 aromatic carbocycles. The monoisotopic (exact) mass is 298 g/mol. The Balaban J connectivity index is 1.63. The molecule has 0 bridgehead atoms. The Morgan fingerprint density at radius 3 is 2.73 bits per heavy atom. The zero-order chi connectivity index (χ0) is 15.2. The van der Waals surface area contributed by atoms with E-state index in [9.17, 15) is 0 Å². The molecule has 1 fully saturated rings. The molecule has 1 saturated heterocycles. The Morgan fingerprint density at radius 2 is 2.05 bits per heavy atom. The van der Waals surface area contributed by atoms with Gasteiger partial charge in [0.15, 0.2) is 5.79 Å². The van der Waals surface area contributed by atoms with Gasteiger partial charge in [-0.1, -0.05) is 12.1 Å². The van der Waals surface area contributed by atoms with Crippen LogP contribution >= 0.6 is 0 Å². The van der Waals surface area contributed by atoms with Crippen molar-refractivity contribution in [2.75, 3.05) is 13.2 Å². The van der Waals surface area contributed by atoms with E-state index in [1.54, 1.807) is 0 Å². The minimum atomic E-state index is -0.337. The predicted octanol–water partition coefficient (Wildman–Crippen LogP) is 3.93. The van der Waals surface area contributed by atoms with Gasteiger partial charge in [0, 0.05) is 24.3 Å². The maximum absolute atomic E-state index is 5.79. The molecule has 0 N–H and O–H groups in total. The summed E-state index contributed by atoms with van der Waals surface area (Å²) >= 11 is 0. The minimum absolute atomic E-state index is 0.337. The molecule has 22 heavy (non-hydrogen) atoms. The van der Waals surface area contributed by atoms with Gasteiger partial charge in [-0.05, 0) is 43.5 Å². The molecule has 2 aromatic rings. The summed E-state index contributed by atoms with van der Waals surface area (Å²) in [5.41, 5.74) is 3.89. The first-order valence-corrected chi connectivity index (χ1v) is 8.11. The Bertz CT molecular complexity index is 724. The molecule has 0 unspecified atom stereocenters. The Morgan fingerprint density at radius 1 is 1.23 bits per heavy atom. The summed E-state index contributed by atoms with van der Waals surface area (Å²) in [4.78, 5) is 0. The molecule has 116 valence electrons. The van der Waals surface area contributed by atoms with Crippen molar-refractivity contribution in [3.05, 3.63) is 36.0 Å². The number of rotatable bonds is 2. The van der Waals surface area contributed by atoms with Gasteiger partial charge in [0.1, 0.15) is 0 Å². The van der Waals surface area contributed by atoms with Crippen LogP contribution in [-0.2, 0) is 9.47 Å². The molecule has 2 aliphatic rings. The van der Waals surface area contributed by atoms with Crippen LogP contribution < -0.4 is 0 Å². The minimum Gasteiger partial charge on any atom is -0.347 e. The lowest BCUT2D eigenvalue weighted by molar-refractivity contribution is -0.159. The van der Waals surface area contributed by atoms with Crippen molar-refractivity contribution < 1.29 is 9.47 Å². The first-order chi connectivity index (χ1) is 10.7. The van der Waals surface area contributed by atoms with Crippen LogP contribution in [0.25, 0.3) is 16.5 Å². The predicted molar refractivity (Wildman–Crippen MR) is 86.6 cm³/mol. The summed E-state index contributed by atoms with van der Waals surface area (Å²) in [5, 5.41) is 5.71. The SMILES string of the molecule is CC(C)n1ncc2cc(C3=CCC4(CC3)OCCO4)ccc21. The van der Waals surface area contributed by atoms with Crippen molar-refractivity contribution in [3.63, 3.8) is 0 Å². The largest absolute Gasteiger partial charge is 0.347 e. The number of aromatic nitrogens is 2. The molecule has 4 nitrogen and oxygen atoms in total. The van der Waals surface area contributed by atoms with E-state index in [4.69, 9.17) is 9.47 Å². The van der Waals surface area contributed by atoms with E-state index in [1.165, 1.54) is 22.0 Å². The standard InChI is InChI=1S/C18H22N2O2/c1-13(2)20-17-4-3-15(11-16(17)12-19-20)14-5-7-18(8-6-14)21-9-10-22-18/h3-5,11-13H,6-10H2,1-2H3. The van der Waals surface area contributed by atoms with Gasteiger partial charge in [0.05, 0.1) is 24.9 Å². The van der Waals surface area contributed by atoms with Crippen molar-refractivity contribution in [1.82, 2.24) is 9.78 Å². The second-order valence-corrected chi connectivity index (χ2v) is 6.50. The lowest BCUT2D eigenvalue weighted by atomic mass is 9.89. The molecule has 0 atom stereocenters. The fourth-order valence-corrected chi connectivity index (χ4v) is 3.49. The number of nitrogens with zero attached hydrogens (tertiary/aromatic N) is 2. The third-order valence-corrected chi connectivity index (χ3v) is 4.70. The maximum Gasteiger partial charge on any atom is 0.172 e. The third kappa shape index (κ3) is 2.27. The number of fused-ring (bicyclic) bond motifs is 1. The molecule has 0 saturated carbocycles. The summed E-state index contributed by atoms with van der Waals surface area (Å²) < 4.78 is 13.6. The van der Waals surface area contributed by atoms with Gasteiger partial charge in [-0.3, -0.25) is 4.68 Å². The summed E-state index contributed by atoms with van der Waals surface area (Å²) in [6, 6.07) is 7.03. The zero-order valence-corrected chi connectivity index (χ0v) is 13.2. The van der Waals surface area contributed by atoms with E-state index in [2.05, 4.69) is 47.9 Å². The first-order valence-electron chi connectivity index (χ1n) is 8.11. The molecular formula is C18H22N2O2. The van der Waals surface area contributed by atoms with Crippen LogP contribution in [0, 0.1) is 0 Å².